The van der Waals surface area contributed by atoms with Crippen molar-refractivity contribution >= 4 is 11.6 Å². The molecule has 6 nitrogen and oxygen atoms in total. The second-order valence-electron chi connectivity index (χ2n) is 3.93. The molecule has 0 atom stereocenters. The van der Waals surface area contributed by atoms with Crippen molar-refractivity contribution in [2.75, 3.05) is 13.2 Å². The van der Waals surface area contributed by atoms with Crippen LogP contribution >= 0.6 is 0 Å². The first kappa shape index (κ1) is 14.3. The molecule has 9 heteroatoms. The van der Waals surface area contributed by atoms with Gasteiger partial charge < -0.3 is 10.1 Å². The van der Waals surface area contributed by atoms with Gasteiger partial charge in [0, 0.05) is 6.20 Å². The van der Waals surface area contributed by atoms with Crippen LogP contribution in [0.15, 0.2) is 24.4 Å². The maximum atomic E-state index is 11.8. The zero-order valence-electron chi connectivity index (χ0n) is 10.2. The topological polar surface area (TPSA) is 68.5 Å². The third kappa shape index (κ3) is 3.92. The molecule has 1 amide bonds. The third-order valence-corrected chi connectivity index (χ3v) is 2.33. The molecule has 0 saturated carbocycles. The number of nitrogens with one attached hydrogen (secondary N) is 1. The average Bonchev–Trinajstić information content (AvgIpc) is 2.78. The van der Waals surface area contributed by atoms with Gasteiger partial charge in [0.25, 0.3) is 0 Å². The van der Waals surface area contributed by atoms with Gasteiger partial charge in [0.05, 0.1) is 6.54 Å². The number of carbonyl (C=O) groups is 1. The van der Waals surface area contributed by atoms with E-state index in [0.717, 1.165) is 0 Å². The van der Waals surface area contributed by atoms with Crippen molar-refractivity contribution in [2.24, 2.45) is 0 Å². The summed E-state index contributed by atoms with van der Waals surface area (Å²) in [7, 11) is 0. The summed E-state index contributed by atoms with van der Waals surface area (Å²) >= 11 is 0. The van der Waals surface area contributed by atoms with Gasteiger partial charge in [-0.2, -0.15) is 13.2 Å². The van der Waals surface area contributed by atoms with E-state index in [0.29, 0.717) is 11.5 Å². The summed E-state index contributed by atoms with van der Waals surface area (Å²) in [5.41, 5.74) is 0.616. The Labute approximate surface area is 111 Å². The van der Waals surface area contributed by atoms with Crippen molar-refractivity contribution in [3.05, 3.63) is 30.2 Å². The second kappa shape index (κ2) is 5.87. The molecule has 0 fully saturated rings. The minimum atomic E-state index is -4.44. The van der Waals surface area contributed by atoms with E-state index in [2.05, 4.69) is 20.3 Å². The molecule has 0 aromatic carbocycles. The molecule has 0 spiro atoms. The molecule has 2 rings (SSSR count). The van der Waals surface area contributed by atoms with Crippen molar-refractivity contribution in [2.45, 2.75) is 12.7 Å². The van der Waals surface area contributed by atoms with Crippen LogP contribution < -0.4 is 5.32 Å². The van der Waals surface area contributed by atoms with Crippen molar-refractivity contribution in [1.82, 2.24) is 19.9 Å². The molecule has 108 valence electrons. The highest BCUT2D eigenvalue weighted by molar-refractivity contribution is 5.77. The summed E-state index contributed by atoms with van der Waals surface area (Å²) in [6.07, 6.45) is -2.72. The van der Waals surface area contributed by atoms with Crippen LogP contribution in [0.3, 0.4) is 0 Å². The number of hydrogen-bond acceptors (Lipinski definition) is 4. The average molecular weight is 288 g/mol. The SMILES string of the molecule is O=C(COCC(F)(F)F)NCc1nnc2ccccn12. The van der Waals surface area contributed by atoms with Gasteiger partial charge in [0.15, 0.2) is 11.5 Å². The Morgan fingerprint density at radius 3 is 2.90 bits per heavy atom. The minimum Gasteiger partial charge on any atom is -0.362 e. The van der Waals surface area contributed by atoms with Crippen LogP contribution in [0.4, 0.5) is 13.2 Å². The van der Waals surface area contributed by atoms with Crippen LogP contribution in [0, 0.1) is 0 Å². The maximum Gasteiger partial charge on any atom is 0.411 e. The molecule has 2 aromatic rings. The van der Waals surface area contributed by atoms with Gasteiger partial charge in [-0.25, -0.2) is 0 Å². The Hall–Kier alpha value is -2.16. The molecule has 2 heterocycles. The molecule has 1 N–H and O–H groups in total. The molecule has 0 radical (unpaired) electrons. The van der Waals surface area contributed by atoms with E-state index >= 15 is 0 Å². The fraction of sp³-hybridized carbons (Fsp3) is 0.364. The summed E-state index contributed by atoms with van der Waals surface area (Å²) in [6.45, 7) is -2.05. The number of aromatic nitrogens is 3. The van der Waals surface area contributed by atoms with Crippen LogP contribution in [-0.4, -0.2) is 39.9 Å². The van der Waals surface area contributed by atoms with Crippen molar-refractivity contribution in [3.63, 3.8) is 0 Å². The number of pyridine rings is 1. The molecule has 0 saturated heterocycles. The standard InChI is InChI=1S/C11H11F3N4O2/c12-11(13,14)7-20-6-10(19)15-5-9-17-16-8-3-1-2-4-18(8)9/h1-4H,5-7H2,(H,15,19). The molecule has 2 aromatic heterocycles. The van der Waals surface area contributed by atoms with Crippen LogP contribution in [0.2, 0.25) is 0 Å². The first-order valence-electron chi connectivity index (χ1n) is 5.65. The highest BCUT2D eigenvalue weighted by Crippen LogP contribution is 2.14. The Balaban J connectivity index is 1.82. The number of alkyl halides is 3. The zero-order valence-corrected chi connectivity index (χ0v) is 10.2. The Morgan fingerprint density at radius 1 is 1.35 bits per heavy atom. The van der Waals surface area contributed by atoms with Gasteiger partial charge in [-0.15, -0.1) is 10.2 Å². The Morgan fingerprint density at radius 2 is 2.15 bits per heavy atom. The lowest BCUT2D eigenvalue weighted by molar-refractivity contribution is -0.175. The summed E-state index contributed by atoms with van der Waals surface area (Å²) in [5, 5.41) is 10.1. The van der Waals surface area contributed by atoms with E-state index in [1.807, 2.05) is 0 Å². The molecule has 0 bridgehead atoms. The summed E-state index contributed by atoms with van der Waals surface area (Å²) in [6, 6.07) is 5.30. The largest absolute Gasteiger partial charge is 0.411 e. The van der Waals surface area contributed by atoms with Crippen molar-refractivity contribution in [1.29, 1.82) is 0 Å². The maximum absolute atomic E-state index is 11.8. The summed E-state index contributed by atoms with van der Waals surface area (Å²) in [4.78, 5) is 11.3. The number of halogens is 3. The van der Waals surface area contributed by atoms with Crippen LogP contribution in [0.1, 0.15) is 5.82 Å². The predicted octanol–water partition coefficient (Wildman–Crippen LogP) is 0.924. The highest BCUT2D eigenvalue weighted by atomic mass is 19.4. The molecule has 20 heavy (non-hydrogen) atoms. The lowest BCUT2D eigenvalue weighted by atomic mass is 10.4. The predicted molar refractivity (Wildman–Crippen MR) is 61.7 cm³/mol. The first-order chi connectivity index (χ1) is 9.46. The number of ether oxygens (including phenoxy) is 1. The molecular formula is C11H11F3N4O2. The van der Waals surface area contributed by atoms with E-state index in [1.165, 1.54) is 0 Å². The number of carbonyl (C=O) groups excluding carboxylic acids is 1. The highest BCUT2D eigenvalue weighted by Gasteiger charge is 2.27. The van der Waals surface area contributed by atoms with E-state index in [9.17, 15) is 18.0 Å². The van der Waals surface area contributed by atoms with E-state index in [1.54, 1.807) is 28.8 Å². The number of hydrogen-bond donors (Lipinski definition) is 1. The van der Waals surface area contributed by atoms with E-state index in [4.69, 9.17) is 0 Å². The van der Waals surface area contributed by atoms with Gasteiger partial charge in [-0.3, -0.25) is 9.20 Å². The van der Waals surface area contributed by atoms with Gasteiger partial charge >= 0.3 is 6.18 Å². The van der Waals surface area contributed by atoms with Crippen LogP contribution in [-0.2, 0) is 16.1 Å². The Bertz CT molecular complexity index is 597. The van der Waals surface area contributed by atoms with Gasteiger partial charge in [0.2, 0.25) is 5.91 Å². The molecule has 0 aliphatic carbocycles. The normalized spacial score (nSPS) is 11.8. The number of rotatable bonds is 5. The second-order valence-corrected chi connectivity index (χ2v) is 3.93. The van der Waals surface area contributed by atoms with Crippen molar-refractivity contribution in [3.8, 4) is 0 Å². The smallest absolute Gasteiger partial charge is 0.362 e. The fourth-order valence-corrected chi connectivity index (χ4v) is 1.50. The van der Waals surface area contributed by atoms with Crippen LogP contribution in [0.25, 0.3) is 5.65 Å². The van der Waals surface area contributed by atoms with E-state index in [-0.39, 0.29) is 6.54 Å². The number of fused-ring (bicyclic) bond motifs is 1. The number of amides is 1. The van der Waals surface area contributed by atoms with Gasteiger partial charge in [-0.05, 0) is 12.1 Å². The molecule has 0 aliphatic rings. The minimum absolute atomic E-state index is 0.0550. The van der Waals surface area contributed by atoms with Crippen molar-refractivity contribution < 1.29 is 22.7 Å². The Kier molecular flexibility index (Phi) is 4.18. The van der Waals surface area contributed by atoms with E-state index < -0.39 is 25.3 Å². The lowest BCUT2D eigenvalue weighted by Gasteiger charge is -2.07. The molecular weight excluding hydrogens is 277 g/mol. The quantitative estimate of drug-likeness (QED) is 0.888. The number of nitrogens with zero attached hydrogens (tertiary/aromatic N) is 3. The summed E-state index contributed by atoms with van der Waals surface area (Å²) < 4.78 is 41.3. The van der Waals surface area contributed by atoms with Crippen LogP contribution in [0.5, 0.6) is 0 Å². The first-order valence-corrected chi connectivity index (χ1v) is 5.65. The zero-order chi connectivity index (χ0) is 14.6. The monoisotopic (exact) mass is 288 g/mol. The molecule has 0 unspecified atom stereocenters. The van der Waals surface area contributed by atoms with Gasteiger partial charge in [0.1, 0.15) is 13.2 Å². The third-order valence-electron chi connectivity index (χ3n) is 2.33. The summed E-state index contributed by atoms with van der Waals surface area (Å²) in [5.74, 6) is -0.174. The fourth-order valence-electron chi connectivity index (χ4n) is 1.50. The molecule has 0 aliphatic heterocycles. The lowest BCUT2D eigenvalue weighted by Crippen LogP contribution is -2.30. The van der Waals surface area contributed by atoms with Gasteiger partial charge in [-0.1, -0.05) is 6.07 Å².